The second kappa shape index (κ2) is 7.13. The average Bonchev–Trinajstić information content (AvgIpc) is 3.23. The summed E-state index contributed by atoms with van der Waals surface area (Å²) in [5.74, 6) is 1.83. The first-order chi connectivity index (χ1) is 13.1. The average molecular weight is 444 g/mol. The number of methoxy groups -OCH3 is 2. The number of benzene rings is 2. The molecule has 0 bridgehead atoms. The highest BCUT2D eigenvalue weighted by molar-refractivity contribution is 9.10. The first kappa shape index (κ1) is 17.7. The van der Waals surface area contributed by atoms with E-state index in [1.54, 1.807) is 26.4 Å². The normalized spacial score (nSPS) is 11.9. The van der Waals surface area contributed by atoms with Gasteiger partial charge in [-0.25, -0.2) is 4.40 Å². The third-order valence-corrected chi connectivity index (χ3v) is 5.74. The van der Waals surface area contributed by atoms with Crippen LogP contribution in [0.15, 0.2) is 51.7 Å². The molecule has 4 rings (SSSR count). The van der Waals surface area contributed by atoms with E-state index in [1.807, 2.05) is 36.4 Å². The van der Waals surface area contributed by atoms with Crippen molar-refractivity contribution in [2.24, 2.45) is 0 Å². The van der Waals surface area contributed by atoms with Crippen molar-refractivity contribution >= 4 is 38.3 Å². The lowest BCUT2D eigenvalue weighted by molar-refractivity contribution is 0.393. The standard InChI is InChI=1S/C19H14BrN3O3S/c1-25-12-8-7-11(15(10-12)26-2)9-16-18(24)23-17(21-22-19(23)27-16)13-5-3-4-6-14(13)20/h3-10H,1-2H3. The Hall–Kier alpha value is -2.71. The molecule has 0 saturated heterocycles. The Balaban J connectivity index is 1.91. The van der Waals surface area contributed by atoms with Crippen LogP contribution < -0.4 is 19.6 Å². The van der Waals surface area contributed by atoms with Crippen LogP contribution in [0, 0.1) is 0 Å². The van der Waals surface area contributed by atoms with Gasteiger partial charge in [0.1, 0.15) is 11.5 Å². The van der Waals surface area contributed by atoms with E-state index in [9.17, 15) is 4.79 Å². The van der Waals surface area contributed by atoms with E-state index in [-0.39, 0.29) is 5.56 Å². The molecular formula is C19H14BrN3O3S. The first-order valence-electron chi connectivity index (χ1n) is 7.99. The lowest BCUT2D eigenvalue weighted by Gasteiger charge is -2.06. The third kappa shape index (κ3) is 3.11. The third-order valence-electron chi connectivity index (χ3n) is 4.09. The molecule has 2 aromatic heterocycles. The van der Waals surface area contributed by atoms with Crippen LogP contribution in [0.25, 0.3) is 22.4 Å². The van der Waals surface area contributed by atoms with Crippen LogP contribution in [0.3, 0.4) is 0 Å². The molecule has 6 nitrogen and oxygen atoms in total. The first-order valence-corrected chi connectivity index (χ1v) is 9.60. The van der Waals surface area contributed by atoms with Gasteiger partial charge in [-0.1, -0.05) is 45.5 Å². The zero-order chi connectivity index (χ0) is 19.0. The molecule has 0 N–H and O–H groups in total. The molecule has 0 aliphatic carbocycles. The SMILES string of the molecule is COc1ccc(C=c2sc3nnc(-c4ccccc4Br)n3c2=O)c(OC)c1. The molecule has 2 aromatic carbocycles. The molecule has 0 saturated carbocycles. The van der Waals surface area contributed by atoms with Crippen molar-refractivity contribution in [2.75, 3.05) is 14.2 Å². The maximum Gasteiger partial charge on any atom is 0.276 e. The van der Waals surface area contributed by atoms with Crippen molar-refractivity contribution in [1.29, 1.82) is 0 Å². The van der Waals surface area contributed by atoms with Gasteiger partial charge in [0, 0.05) is 21.7 Å². The molecule has 0 unspecified atom stereocenters. The lowest BCUT2D eigenvalue weighted by Crippen LogP contribution is -2.23. The van der Waals surface area contributed by atoms with Crippen molar-refractivity contribution < 1.29 is 9.47 Å². The summed E-state index contributed by atoms with van der Waals surface area (Å²) in [7, 11) is 3.18. The molecule has 2 heterocycles. The smallest absolute Gasteiger partial charge is 0.276 e. The summed E-state index contributed by atoms with van der Waals surface area (Å²) in [5, 5.41) is 8.36. The van der Waals surface area contributed by atoms with Crippen molar-refractivity contribution in [3.8, 4) is 22.9 Å². The fourth-order valence-corrected chi connectivity index (χ4v) is 4.12. The number of thiazole rings is 1. The van der Waals surface area contributed by atoms with Gasteiger partial charge in [-0.05, 0) is 24.3 Å². The van der Waals surface area contributed by atoms with Crippen LogP contribution in [-0.4, -0.2) is 28.8 Å². The van der Waals surface area contributed by atoms with E-state index >= 15 is 0 Å². The van der Waals surface area contributed by atoms with Crippen LogP contribution in [0.5, 0.6) is 11.5 Å². The second-order valence-corrected chi connectivity index (χ2v) is 7.51. The number of halogens is 1. The lowest BCUT2D eigenvalue weighted by atomic mass is 10.2. The summed E-state index contributed by atoms with van der Waals surface area (Å²) in [6, 6.07) is 13.1. The minimum absolute atomic E-state index is 0.163. The van der Waals surface area contributed by atoms with Gasteiger partial charge in [-0.15, -0.1) is 10.2 Å². The molecular weight excluding hydrogens is 430 g/mol. The van der Waals surface area contributed by atoms with E-state index < -0.39 is 0 Å². The summed E-state index contributed by atoms with van der Waals surface area (Å²) in [6.45, 7) is 0. The van der Waals surface area contributed by atoms with E-state index in [0.717, 1.165) is 15.6 Å². The molecule has 0 fully saturated rings. The molecule has 136 valence electrons. The van der Waals surface area contributed by atoms with E-state index in [2.05, 4.69) is 26.1 Å². The van der Waals surface area contributed by atoms with E-state index in [4.69, 9.17) is 9.47 Å². The monoisotopic (exact) mass is 443 g/mol. The highest BCUT2D eigenvalue weighted by Gasteiger charge is 2.16. The number of aromatic nitrogens is 3. The minimum Gasteiger partial charge on any atom is -0.497 e. The molecule has 0 amide bonds. The summed E-state index contributed by atoms with van der Waals surface area (Å²) < 4.78 is 13.6. The van der Waals surface area contributed by atoms with Crippen LogP contribution in [0.1, 0.15) is 5.56 Å². The summed E-state index contributed by atoms with van der Waals surface area (Å²) >= 11 is 4.79. The number of fused-ring (bicyclic) bond motifs is 1. The van der Waals surface area contributed by atoms with Crippen LogP contribution in [0.2, 0.25) is 0 Å². The quantitative estimate of drug-likeness (QED) is 0.484. The largest absolute Gasteiger partial charge is 0.497 e. The Kier molecular flexibility index (Phi) is 4.67. The number of rotatable bonds is 4. The topological polar surface area (TPSA) is 65.7 Å². The number of hydrogen-bond donors (Lipinski definition) is 0. The van der Waals surface area contributed by atoms with Gasteiger partial charge >= 0.3 is 0 Å². The molecule has 0 aliphatic heterocycles. The minimum atomic E-state index is -0.163. The molecule has 0 radical (unpaired) electrons. The summed E-state index contributed by atoms with van der Waals surface area (Å²) in [5.41, 5.74) is 1.44. The van der Waals surface area contributed by atoms with E-state index in [0.29, 0.717) is 26.8 Å². The van der Waals surface area contributed by atoms with Crippen LogP contribution in [0.4, 0.5) is 0 Å². The second-order valence-electron chi connectivity index (χ2n) is 5.65. The summed E-state index contributed by atoms with van der Waals surface area (Å²) in [6.07, 6.45) is 1.80. The van der Waals surface area contributed by atoms with Crippen molar-refractivity contribution in [1.82, 2.24) is 14.6 Å². The molecule has 0 aliphatic rings. The molecule has 8 heteroatoms. The zero-order valence-electron chi connectivity index (χ0n) is 14.5. The maximum absolute atomic E-state index is 13.0. The fraction of sp³-hybridized carbons (Fsp3) is 0.105. The Morgan fingerprint density at radius 3 is 2.67 bits per heavy atom. The van der Waals surface area contributed by atoms with Gasteiger partial charge < -0.3 is 9.47 Å². The molecule has 27 heavy (non-hydrogen) atoms. The van der Waals surface area contributed by atoms with Gasteiger partial charge in [0.2, 0.25) is 4.96 Å². The summed E-state index contributed by atoms with van der Waals surface area (Å²) in [4.78, 5) is 13.5. The molecule has 0 atom stereocenters. The van der Waals surface area contributed by atoms with Crippen LogP contribution >= 0.6 is 27.3 Å². The van der Waals surface area contributed by atoms with Crippen molar-refractivity contribution in [3.05, 3.63) is 67.4 Å². The zero-order valence-corrected chi connectivity index (χ0v) is 16.9. The Labute approximate surface area is 166 Å². The van der Waals surface area contributed by atoms with E-state index in [1.165, 1.54) is 15.7 Å². The van der Waals surface area contributed by atoms with Crippen molar-refractivity contribution in [3.63, 3.8) is 0 Å². The molecule has 4 aromatic rings. The maximum atomic E-state index is 13.0. The van der Waals surface area contributed by atoms with Gasteiger partial charge in [-0.3, -0.25) is 4.79 Å². The van der Waals surface area contributed by atoms with Gasteiger partial charge in [0.25, 0.3) is 5.56 Å². The highest BCUT2D eigenvalue weighted by Crippen LogP contribution is 2.27. The van der Waals surface area contributed by atoms with Gasteiger partial charge in [-0.2, -0.15) is 0 Å². The number of hydrogen-bond acceptors (Lipinski definition) is 6. The highest BCUT2D eigenvalue weighted by atomic mass is 79.9. The number of ether oxygens (including phenoxy) is 2. The number of nitrogens with zero attached hydrogens (tertiary/aromatic N) is 3. The Morgan fingerprint density at radius 1 is 1.11 bits per heavy atom. The fourth-order valence-electron chi connectivity index (χ4n) is 2.76. The Bertz CT molecular complexity index is 1250. The predicted molar refractivity (Wildman–Crippen MR) is 109 cm³/mol. The van der Waals surface area contributed by atoms with Crippen LogP contribution in [-0.2, 0) is 0 Å². The van der Waals surface area contributed by atoms with Crippen molar-refractivity contribution in [2.45, 2.75) is 0 Å². The van der Waals surface area contributed by atoms with Gasteiger partial charge in [0.15, 0.2) is 5.82 Å². The Morgan fingerprint density at radius 2 is 1.93 bits per heavy atom. The predicted octanol–water partition coefficient (Wildman–Crippen LogP) is 3.15. The molecule has 0 spiro atoms. The van der Waals surface area contributed by atoms with Gasteiger partial charge in [0.05, 0.1) is 18.8 Å².